The van der Waals surface area contributed by atoms with E-state index in [1.54, 1.807) is 18.2 Å². The Labute approximate surface area is 112 Å². The number of hydrogen-bond acceptors (Lipinski definition) is 4. The van der Waals surface area contributed by atoms with Gasteiger partial charge in [0.25, 0.3) is 0 Å². The largest absolute Gasteiger partial charge is 0.478 e. The van der Waals surface area contributed by atoms with Crippen LogP contribution in [0.15, 0.2) is 24.3 Å². The van der Waals surface area contributed by atoms with Crippen molar-refractivity contribution in [3.05, 3.63) is 35.4 Å². The van der Waals surface area contributed by atoms with Gasteiger partial charge in [-0.1, -0.05) is 12.1 Å². The molecule has 1 aliphatic heterocycles. The van der Waals surface area contributed by atoms with Crippen LogP contribution in [0, 0.1) is 0 Å². The quantitative estimate of drug-likeness (QED) is 0.849. The minimum atomic E-state index is -0.912. The van der Waals surface area contributed by atoms with Gasteiger partial charge in [0, 0.05) is 19.6 Å². The number of morpholine rings is 1. The highest BCUT2D eigenvalue weighted by molar-refractivity contribution is 5.87. The second-order valence-electron chi connectivity index (χ2n) is 4.95. The van der Waals surface area contributed by atoms with E-state index in [-0.39, 0.29) is 18.8 Å². The molecule has 0 aromatic heterocycles. The van der Waals surface area contributed by atoms with E-state index in [1.807, 2.05) is 13.0 Å². The van der Waals surface area contributed by atoms with Crippen LogP contribution < -0.4 is 0 Å². The predicted molar refractivity (Wildman–Crippen MR) is 70.1 cm³/mol. The third-order valence-electron chi connectivity index (χ3n) is 3.19. The van der Waals surface area contributed by atoms with E-state index in [0.717, 1.165) is 12.1 Å². The lowest BCUT2D eigenvalue weighted by molar-refractivity contribution is -0.0972. The third kappa shape index (κ3) is 3.76. The molecule has 1 heterocycles. The van der Waals surface area contributed by atoms with Gasteiger partial charge in [0.05, 0.1) is 24.4 Å². The van der Waals surface area contributed by atoms with E-state index in [9.17, 15) is 9.90 Å². The van der Waals surface area contributed by atoms with Gasteiger partial charge in [-0.2, -0.15) is 0 Å². The van der Waals surface area contributed by atoms with Crippen LogP contribution in [0.5, 0.6) is 0 Å². The molecular weight excluding hydrogens is 246 g/mol. The maximum absolute atomic E-state index is 10.9. The Kier molecular flexibility index (Phi) is 4.52. The molecule has 0 aliphatic carbocycles. The molecule has 0 spiro atoms. The Bertz CT molecular complexity index is 449. The molecule has 1 aromatic carbocycles. The molecule has 0 amide bonds. The molecule has 2 atom stereocenters. The van der Waals surface area contributed by atoms with Crippen molar-refractivity contribution < 1.29 is 19.7 Å². The van der Waals surface area contributed by atoms with Gasteiger partial charge in [0.2, 0.25) is 0 Å². The van der Waals surface area contributed by atoms with Crippen LogP contribution in [-0.4, -0.2) is 53.0 Å². The summed E-state index contributed by atoms with van der Waals surface area (Å²) in [7, 11) is 0. The van der Waals surface area contributed by atoms with Gasteiger partial charge in [-0.05, 0) is 24.6 Å². The highest BCUT2D eigenvalue weighted by Crippen LogP contribution is 2.15. The Balaban J connectivity index is 2.03. The van der Waals surface area contributed by atoms with Crippen LogP contribution >= 0.6 is 0 Å². The van der Waals surface area contributed by atoms with E-state index in [1.165, 1.54) is 0 Å². The highest BCUT2D eigenvalue weighted by Gasteiger charge is 2.24. The van der Waals surface area contributed by atoms with Gasteiger partial charge >= 0.3 is 5.97 Å². The van der Waals surface area contributed by atoms with Crippen molar-refractivity contribution in [2.75, 3.05) is 19.7 Å². The van der Waals surface area contributed by atoms with E-state index in [0.29, 0.717) is 18.7 Å². The number of aliphatic hydroxyl groups excluding tert-OH is 1. The summed E-state index contributed by atoms with van der Waals surface area (Å²) < 4.78 is 5.58. The standard InChI is InChI=1S/C14H19NO4/c1-10-6-15(8-13(9-16)19-10)7-11-3-2-4-12(5-11)14(17)18/h2-5,10,13,16H,6-9H2,1H3,(H,17,18). The van der Waals surface area contributed by atoms with Crippen LogP contribution in [0.2, 0.25) is 0 Å². The fourth-order valence-electron chi connectivity index (χ4n) is 2.43. The van der Waals surface area contributed by atoms with E-state index in [2.05, 4.69) is 4.90 Å². The molecule has 1 fully saturated rings. The number of carboxylic acid groups (broad SMARTS) is 1. The number of hydrogen-bond donors (Lipinski definition) is 2. The molecule has 2 N–H and O–H groups in total. The molecule has 0 saturated carbocycles. The first-order valence-corrected chi connectivity index (χ1v) is 6.39. The molecule has 104 valence electrons. The Morgan fingerprint density at radius 1 is 1.47 bits per heavy atom. The SMILES string of the molecule is CC1CN(Cc2cccc(C(=O)O)c2)CC(CO)O1. The Morgan fingerprint density at radius 3 is 2.95 bits per heavy atom. The zero-order valence-electron chi connectivity index (χ0n) is 11.0. The van der Waals surface area contributed by atoms with E-state index >= 15 is 0 Å². The van der Waals surface area contributed by atoms with Crippen LogP contribution in [0.3, 0.4) is 0 Å². The fourth-order valence-corrected chi connectivity index (χ4v) is 2.43. The second kappa shape index (κ2) is 6.14. The van der Waals surface area contributed by atoms with E-state index in [4.69, 9.17) is 9.84 Å². The fraction of sp³-hybridized carbons (Fsp3) is 0.500. The molecule has 0 radical (unpaired) electrons. The second-order valence-corrected chi connectivity index (χ2v) is 4.95. The maximum Gasteiger partial charge on any atom is 0.335 e. The summed E-state index contributed by atoms with van der Waals surface area (Å²) in [6, 6.07) is 6.95. The molecule has 1 aliphatic rings. The first-order valence-electron chi connectivity index (χ1n) is 6.39. The lowest BCUT2D eigenvalue weighted by Gasteiger charge is -2.36. The zero-order chi connectivity index (χ0) is 13.8. The summed E-state index contributed by atoms with van der Waals surface area (Å²) in [6.45, 7) is 4.11. The number of ether oxygens (including phenoxy) is 1. The van der Waals surface area contributed by atoms with Gasteiger partial charge in [-0.25, -0.2) is 4.79 Å². The van der Waals surface area contributed by atoms with Crippen LogP contribution in [0.25, 0.3) is 0 Å². The lowest BCUT2D eigenvalue weighted by atomic mass is 10.1. The van der Waals surface area contributed by atoms with Crippen LogP contribution in [-0.2, 0) is 11.3 Å². The molecule has 0 bridgehead atoms. The van der Waals surface area contributed by atoms with Gasteiger partial charge in [0.15, 0.2) is 0 Å². The van der Waals surface area contributed by atoms with E-state index < -0.39 is 5.97 Å². The number of nitrogens with zero attached hydrogens (tertiary/aromatic N) is 1. The predicted octanol–water partition coefficient (Wildman–Crippen LogP) is 0.966. The number of carbonyl (C=O) groups is 1. The summed E-state index contributed by atoms with van der Waals surface area (Å²) in [5.41, 5.74) is 1.27. The minimum absolute atomic E-state index is 0.00993. The summed E-state index contributed by atoms with van der Waals surface area (Å²) in [5.74, 6) is -0.912. The Morgan fingerprint density at radius 2 is 2.26 bits per heavy atom. The molecular formula is C14H19NO4. The van der Waals surface area contributed by atoms with Gasteiger partial charge in [-0.15, -0.1) is 0 Å². The first-order chi connectivity index (χ1) is 9.08. The minimum Gasteiger partial charge on any atom is -0.478 e. The average molecular weight is 265 g/mol. The number of benzene rings is 1. The van der Waals surface area contributed by atoms with Crippen molar-refractivity contribution in [2.24, 2.45) is 0 Å². The Hall–Kier alpha value is -1.43. The van der Waals surface area contributed by atoms with Crippen molar-refractivity contribution >= 4 is 5.97 Å². The van der Waals surface area contributed by atoms with Crippen molar-refractivity contribution in [2.45, 2.75) is 25.7 Å². The van der Waals surface area contributed by atoms with Crippen LogP contribution in [0.1, 0.15) is 22.8 Å². The van der Waals surface area contributed by atoms with Gasteiger partial charge in [-0.3, -0.25) is 4.90 Å². The van der Waals surface area contributed by atoms with Gasteiger partial charge in [0.1, 0.15) is 0 Å². The van der Waals surface area contributed by atoms with Crippen molar-refractivity contribution in [3.63, 3.8) is 0 Å². The van der Waals surface area contributed by atoms with Gasteiger partial charge < -0.3 is 14.9 Å². The number of aromatic carboxylic acids is 1. The van der Waals surface area contributed by atoms with Crippen molar-refractivity contribution in [1.82, 2.24) is 4.90 Å². The molecule has 2 rings (SSSR count). The zero-order valence-corrected chi connectivity index (χ0v) is 11.0. The molecule has 5 nitrogen and oxygen atoms in total. The number of carboxylic acids is 1. The monoisotopic (exact) mass is 265 g/mol. The average Bonchev–Trinajstić information content (AvgIpc) is 2.38. The molecule has 19 heavy (non-hydrogen) atoms. The molecule has 2 unspecified atom stereocenters. The molecule has 5 heteroatoms. The molecule has 1 saturated heterocycles. The summed E-state index contributed by atoms with van der Waals surface area (Å²) in [4.78, 5) is 13.1. The van der Waals surface area contributed by atoms with Crippen molar-refractivity contribution in [3.8, 4) is 0 Å². The number of aliphatic hydroxyl groups is 1. The summed E-state index contributed by atoms with van der Waals surface area (Å²) in [5, 5.41) is 18.2. The first kappa shape index (κ1) is 14.0. The summed E-state index contributed by atoms with van der Waals surface area (Å²) in [6.07, 6.45) is -0.0834. The topological polar surface area (TPSA) is 70.0 Å². The summed E-state index contributed by atoms with van der Waals surface area (Å²) >= 11 is 0. The highest BCUT2D eigenvalue weighted by atomic mass is 16.5. The third-order valence-corrected chi connectivity index (χ3v) is 3.19. The smallest absolute Gasteiger partial charge is 0.335 e. The molecule has 1 aromatic rings. The van der Waals surface area contributed by atoms with Crippen LogP contribution in [0.4, 0.5) is 0 Å². The number of rotatable bonds is 4. The van der Waals surface area contributed by atoms with Crippen molar-refractivity contribution in [1.29, 1.82) is 0 Å². The lowest BCUT2D eigenvalue weighted by Crippen LogP contribution is -2.47. The normalized spacial score (nSPS) is 24.3. The maximum atomic E-state index is 10.9.